The van der Waals surface area contributed by atoms with Gasteiger partial charge in [0, 0.05) is 45.4 Å². The second-order valence-corrected chi connectivity index (χ2v) is 11.7. The first-order valence-electron chi connectivity index (χ1n) is 14.5. The van der Waals surface area contributed by atoms with Gasteiger partial charge in [-0.1, -0.05) is 36.4 Å². The van der Waals surface area contributed by atoms with Crippen molar-refractivity contribution < 1.29 is 14.4 Å². The molecule has 9 nitrogen and oxygen atoms in total. The predicted octanol–water partition coefficient (Wildman–Crippen LogP) is 5.48. The zero-order chi connectivity index (χ0) is 30.8. The lowest BCUT2D eigenvalue weighted by atomic mass is 10.00. The maximum Gasteiger partial charge on any atom is 0.244 e. The number of hydrogen-bond acceptors (Lipinski definition) is 6. The Kier molecular flexibility index (Phi) is 8.22. The Balaban J connectivity index is 1.19. The number of anilines is 3. The van der Waals surface area contributed by atoms with Crippen molar-refractivity contribution >= 4 is 60.1 Å². The normalized spacial score (nSPS) is 12.6. The van der Waals surface area contributed by atoms with Crippen LogP contribution >= 0.6 is 9.24 Å². The average Bonchev–Trinajstić information content (AvgIpc) is 3.79. The first kappa shape index (κ1) is 29.2. The molecule has 2 aromatic heterocycles. The Morgan fingerprint density at radius 1 is 0.977 bits per heavy atom. The van der Waals surface area contributed by atoms with Crippen molar-refractivity contribution in [3.63, 3.8) is 0 Å². The van der Waals surface area contributed by atoms with Gasteiger partial charge < -0.3 is 20.1 Å². The van der Waals surface area contributed by atoms with Crippen LogP contribution in [0.5, 0.6) is 0 Å². The van der Waals surface area contributed by atoms with E-state index < -0.39 is 0 Å². The van der Waals surface area contributed by atoms with Gasteiger partial charge in [0.05, 0.1) is 18.1 Å². The van der Waals surface area contributed by atoms with Crippen LogP contribution in [-0.4, -0.2) is 49.6 Å². The van der Waals surface area contributed by atoms with Crippen molar-refractivity contribution in [2.45, 2.75) is 39.3 Å². The van der Waals surface area contributed by atoms with Crippen LogP contribution in [0.2, 0.25) is 0 Å². The number of Topliss-reactive ketones (excluding diaryl/α,β-unsaturated/α-hetero) is 1. The number of carbonyl (C=O) groups is 3. The van der Waals surface area contributed by atoms with Gasteiger partial charge in [-0.25, -0.2) is 9.97 Å². The fourth-order valence-corrected chi connectivity index (χ4v) is 5.91. The fourth-order valence-electron chi connectivity index (χ4n) is 5.49. The number of carbonyl (C=O) groups excluding carboxylic acids is 3. The Labute approximate surface area is 257 Å². The van der Waals surface area contributed by atoms with Crippen LogP contribution in [-0.2, 0) is 16.1 Å². The number of aromatic nitrogens is 3. The highest BCUT2D eigenvalue weighted by molar-refractivity contribution is 7.28. The van der Waals surface area contributed by atoms with Gasteiger partial charge in [-0.05, 0) is 67.6 Å². The minimum Gasteiger partial charge on any atom is -0.353 e. The van der Waals surface area contributed by atoms with Crippen molar-refractivity contribution in [2.75, 3.05) is 17.2 Å². The molecule has 3 aromatic carbocycles. The van der Waals surface area contributed by atoms with E-state index in [-0.39, 0.29) is 36.7 Å². The Bertz CT molecular complexity index is 1880. The molecule has 0 spiro atoms. The lowest BCUT2D eigenvalue weighted by Crippen LogP contribution is -2.41. The highest BCUT2D eigenvalue weighted by Gasteiger charge is 2.34. The van der Waals surface area contributed by atoms with E-state index in [2.05, 4.69) is 48.9 Å². The zero-order valence-electron chi connectivity index (χ0n) is 24.6. The molecule has 0 saturated heterocycles. The zero-order valence-corrected chi connectivity index (χ0v) is 25.7. The van der Waals surface area contributed by atoms with E-state index in [1.54, 1.807) is 28.1 Å². The minimum atomic E-state index is -0.252. The summed E-state index contributed by atoms with van der Waals surface area (Å²) in [7, 11) is 2.75. The van der Waals surface area contributed by atoms with Crippen molar-refractivity contribution in [3.05, 3.63) is 96.7 Å². The molecule has 0 bridgehead atoms. The molecular weight excluding hydrogens is 571 g/mol. The second-order valence-electron chi connectivity index (χ2n) is 11.1. The first-order valence-corrected chi connectivity index (χ1v) is 15.1. The smallest absolute Gasteiger partial charge is 0.244 e. The molecule has 2 amide bonds. The van der Waals surface area contributed by atoms with E-state index in [9.17, 15) is 14.4 Å². The number of nitrogens with one attached hydrogen (secondary N) is 2. The third-order valence-electron chi connectivity index (χ3n) is 7.85. The SMILES string of the molecule is CC(=O)c1cn(CC(=O)N(CC(=O)Nc2cccc(-c3ccccc3C)c2P)C2CC2)c2ccc(Nc3cncnc3)cc12. The topological polar surface area (TPSA) is 109 Å². The minimum absolute atomic E-state index is 0.0184. The summed E-state index contributed by atoms with van der Waals surface area (Å²) in [6.45, 7) is 3.55. The van der Waals surface area contributed by atoms with E-state index in [1.807, 2.05) is 48.5 Å². The molecule has 0 radical (unpaired) electrons. The molecule has 0 aliphatic heterocycles. The quantitative estimate of drug-likeness (QED) is 0.161. The van der Waals surface area contributed by atoms with Crippen molar-refractivity contribution in [2.24, 2.45) is 0 Å². The third kappa shape index (κ3) is 6.24. The van der Waals surface area contributed by atoms with Crippen molar-refractivity contribution in [1.29, 1.82) is 0 Å². The molecule has 2 N–H and O–H groups in total. The number of fused-ring (bicyclic) bond motifs is 1. The number of hydrogen-bond donors (Lipinski definition) is 2. The van der Waals surface area contributed by atoms with Gasteiger partial charge in [-0.15, -0.1) is 9.24 Å². The van der Waals surface area contributed by atoms with E-state index in [4.69, 9.17) is 0 Å². The molecule has 1 aliphatic carbocycles. The summed E-state index contributed by atoms with van der Waals surface area (Å²) in [5.74, 6) is -0.516. The molecule has 1 saturated carbocycles. The van der Waals surface area contributed by atoms with Crippen LogP contribution in [0.3, 0.4) is 0 Å². The van der Waals surface area contributed by atoms with E-state index >= 15 is 0 Å². The van der Waals surface area contributed by atoms with Crippen molar-refractivity contribution in [3.8, 4) is 11.1 Å². The molecule has 2 heterocycles. The Morgan fingerprint density at radius 2 is 1.73 bits per heavy atom. The molecule has 1 atom stereocenters. The Morgan fingerprint density at radius 3 is 2.45 bits per heavy atom. The molecule has 5 aromatic rings. The highest BCUT2D eigenvalue weighted by atomic mass is 31.0. The number of amides is 2. The van der Waals surface area contributed by atoms with E-state index in [1.165, 1.54) is 13.3 Å². The molecule has 1 aliphatic rings. The van der Waals surface area contributed by atoms with E-state index in [0.717, 1.165) is 57.1 Å². The molecule has 1 fully saturated rings. The Hall–Kier alpha value is -4.88. The summed E-state index contributed by atoms with van der Waals surface area (Å²) < 4.78 is 1.80. The summed E-state index contributed by atoms with van der Waals surface area (Å²) in [5.41, 5.74) is 6.75. The molecule has 1 unspecified atom stereocenters. The number of rotatable bonds is 10. The summed E-state index contributed by atoms with van der Waals surface area (Å²) >= 11 is 0. The van der Waals surface area contributed by atoms with Crippen LogP contribution in [0, 0.1) is 6.92 Å². The number of ketones is 1. The van der Waals surface area contributed by atoms with Gasteiger partial charge in [0.25, 0.3) is 0 Å². The lowest BCUT2D eigenvalue weighted by Gasteiger charge is -2.23. The average molecular weight is 605 g/mol. The predicted molar refractivity (Wildman–Crippen MR) is 177 cm³/mol. The monoisotopic (exact) mass is 604 g/mol. The first-order chi connectivity index (χ1) is 21.3. The maximum atomic E-state index is 13.7. The standard InChI is InChI=1S/C34H33N6O3P/c1-21-6-3-4-7-26(21)27-8-5-9-30(34(27)44)38-32(42)18-40(25-11-12-25)33(43)19-39-17-29(22(2)41)28-14-23(10-13-31(28)39)37-24-15-35-20-36-16-24/h3-10,13-17,20,25,37H,11-12,18-19,44H2,1-2H3,(H,38,42). The second kappa shape index (κ2) is 12.4. The van der Waals surface area contributed by atoms with Gasteiger partial charge in [0.2, 0.25) is 11.8 Å². The van der Waals surface area contributed by atoms with Gasteiger partial charge in [-0.3, -0.25) is 14.4 Å². The molecule has 222 valence electrons. The number of aryl methyl sites for hydroxylation is 1. The number of nitrogens with zero attached hydrogens (tertiary/aromatic N) is 4. The third-order valence-corrected chi connectivity index (χ3v) is 8.47. The molecule has 10 heteroatoms. The van der Waals surface area contributed by atoms with Crippen LogP contribution < -0.4 is 15.9 Å². The van der Waals surface area contributed by atoms with Crippen LogP contribution in [0.1, 0.15) is 35.7 Å². The fraction of sp³-hybridized carbons (Fsp3) is 0.206. The van der Waals surface area contributed by atoms with Gasteiger partial charge >= 0.3 is 0 Å². The number of benzene rings is 3. The maximum absolute atomic E-state index is 13.7. The molecule has 6 rings (SSSR count). The summed E-state index contributed by atoms with van der Waals surface area (Å²) in [6.07, 6.45) is 8.23. The summed E-state index contributed by atoms with van der Waals surface area (Å²) in [6, 6.07) is 19.6. The highest BCUT2D eigenvalue weighted by Crippen LogP contribution is 2.30. The largest absolute Gasteiger partial charge is 0.353 e. The lowest BCUT2D eigenvalue weighted by molar-refractivity contribution is -0.135. The van der Waals surface area contributed by atoms with Crippen LogP contribution in [0.15, 0.2) is 85.6 Å². The van der Waals surface area contributed by atoms with E-state index in [0.29, 0.717) is 11.3 Å². The molecule has 44 heavy (non-hydrogen) atoms. The van der Waals surface area contributed by atoms with Crippen molar-refractivity contribution in [1.82, 2.24) is 19.4 Å². The summed E-state index contributed by atoms with van der Waals surface area (Å²) in [5, 5.41) is 7.91. The van der Waals surface area contributed by atoms with Gasteiger partial charge in [0.15, 0.2) is 5.78 Å². The van der Waals surface area contributed by atoms with Crippen LogP contribution in [0.4, 0.5) is 17.1 Å². The van der Waals surface area contributed by atoms with Crippen LogP contribution in [0.25, 0.3) is 22.0 Å². The van der Waals surface area contributed by atoms with Gasteiger partial charge in [-0.2, -0.15) is 0 Å². The molecular formula is C34H33N6O3P. The van der Waals surface area contributed by atoms with Gasteiger partial charge in [0.1, 0.15) is 19.4 Å². The summed E-state index contributed by atoms with van der Waals surface area (Å²) in [4.78, 5) is 49.2.